The van der Waals surface area contributed by atoms with Crippen molar-refractivity contribution >= 4 is 25.8 Å². The van der Waals surface area contributed by atoms with E-state index >= 15 is 0 Å². The minimum absolute atomic E-state index is 0.262. The summed E-state index contributed by atoms with van der Waals surface area (Å²) in [5.41, 5.74) is 0.301. The van der Waals surface area contributed by atoms with E-state index in [2.05, 4.69) is 15.9 Å². The zero-order valence-electron chi connectivity index (χ0n) is 11.5. The van der Waals surface area contributed by atoms with Crippen LogP contribution in [-0.4, -0.2) is 25.6 Å². The number of alkyl halides is 1. The molecule has 110 valence electrons. The predicted molar refractivity (Wildman–Crippen MR) is 82.2 cm³/mol. The Morgan fingerprint density at radius 1 is 1.20 bits per heavy atom. The molecule has 0 N–H and O–H groups in total. The number of sulfone groups is 1. The van der Waals surface area contributed by atoms with Crippen LogP contribution in [-0.2, 0) is 9.84 Å². The molecule has 2 saturated carbocycles. The fourth-order valence-corrected chi connectivity index (χ4v) is 5.18. The molecule has 2 unspecified atom stereocenters. The molecular formula is C15H19BrO3S. The summed E-state index contributed by atoms with van der Waals surface area (Å²) < 4.78 is 29.0. The van der Waals surface area contributed by atoms with E-state index in [1.165, 1.54) is 31.9 Å². The third kappa shape index (κ3) is 2.39. The Morgan fingerprint density at radius 3 is 2.30 bits per heavy atom. The van der Waals surface area contributed by atoms with E-state index in [1.54, 1.807) is 24.3 Å². The average molecular weight is 359 g/mol. The summed E-state index contributed by atoms with van der Waals surface area (Å²) in [6, 6.07) is 6.77. The maximum absolute atomic E-state index is 11.4. The molecule has 1 aromatic rings. The Balaban J connectivity index is 1.73. The quantitative estimate of drug-likeness (QED) is 0.775. The number of hydrogen-bond donors (Lipinski definition) is 0. The number of rotatable bonds is 3. The predicted octanol–water partition coefficient (Wildman–Crippen LogP) is 3.57. The van der Waals surface area contributed by atoms with Crippen molar-refractivity contribution in [1.29, 1.82) is 0 Å². The third-order valence-electron chi connectivity index (χ3n) is 4.75. The second-order valence-electron chi connectivity index (χ2n) is 5.99. The molecule has 0 aliphatic heterocycles. The van der Waals surface area contributed by atoms with Gasteiger partial charge in [0, 0.05) is 16.5 Å². The number of ether oxygens (including phenoxy) is 1. The minimum atomic E-state index is -3.13. The first-order valence-electron chi connectivity index (χ1n) is 7.03. The molecule has 1 aromatic carbocycles. The molecule has 20 heavy (non-hydrogen) atoms. The molecule has 1 spiro atoms. The first-order valence-corrected chi connectivity index (χ1v) is 9.83. The van der Waals surface area contributed by atoms with E-state index < -0.39 is 9.84 Å². The van der Waals surface area contributed by atoms with Gasteiger partial charge in [-0.2, -0.15) is 0 Å². The molecule has 2 fully saturated rings. The summed E-state index contributed by atoms with van der Waals surface area (Å²) in [6.07, 6.45) is 7.55. The van der Waals surface area contributed by atoms with Crippen LogP contribution in [0.1, 0.15) is 32.1 Å². The van der Waals surface area contributed by atoms with Crippen molar-refractivity contribution in [2.45, 2.75) is 47.9 Å². The highest BCUT2D eigenvalue weighted by atomic mass is 79.9. The van der Waals surface area contributed by atoms with Crippen LogP contribution in [0, 0.1) is 5.41 Å². The van der Waals surface area contributed by atoms with Crippen LogP contribution in [0.15, 0.2) is 29.2 Å². The monoisotopic (exact) mass is 358 g/mol. The lowest BCUT2D eigenvalue weighted by Crippen LogP contribution is -2.55. The molecule has 0 heterocycles. The van der Waals surface area contributed by atoms with Crippen LogP contribution < -0.4 is 4.74 Å². The van der Waals surface area contributed by atoms with Gasteiger partial charge >= 0.3 is 0 Å². The van der Waals surface area contributed by atoms with Crippen LogP contribution in [0.5, 0.6) is 5.75 Å². The van der Waals surface area contributed by atoms with Crippen molar-refractivity contribution in [3.63, 3.8) is 0 Å². The fourth-order valence-electron chi connectivity index (χ4n) is 3.46. The fraction of sp³-hybridized carbons (Fsp3) is 0.600. The molecule has 0 aromatic heterocycles. The molecule has 3 nitrogen and oxygen atoms in total. The summed E-state index contributed by atoms with van der Waals surface area (Å²) in [5.74, 6) is 0.771. The molecular weight excluding hydrogens is 340 g/mol. The van der Waals surface area contributed by atoms with Crippen molar-refractivity contribution in [2.75, 3.05) is 6.26 Å². The van der Waals surface area contributed by atoms with Crippen LogP contribution >= 0.6 is 15.9 Å². The van der Waals surface area contributed by atoms with Gasteiger partial charge in [0.15, 0.2) is 9.84 Å². The minimum Gasteiger partial charge on any atom is -0.490 e. The normalized spacial score (nSPS) is 28.3. The maximum atomic E-state index is 11.4. The number of halogens is 1. The molecule has 0 bridgehead atoms. The Kier molecular flexibility index (Phi) is 3.61. The van der Waals surface area contributed by atoms with E-state index in [-0.39, 0.29) is 6.10 Å². The van der Waals surface area contributed by atoms with Gasteiger partial charge in [0.25, 0.3) is 0 Å². The summed E-state index contributed by atoms with van der Waals surface area (Å²) >= 11 is 3.78. The Labute approximate surface area is 128 Å². The number of hydrogen-bond acceptors (Lipinski definition) is 3. The topological polar surface area (TPSA) is 43.4 Å². The van der Waals surface area contributed by atoms with E-state index in [0.29, 0.717) is 15.1 Å². The smallest absolute Gasteiger partial charge is 0.175 e. The second kappa shape index (κ2) is 5.02. The van der Waals surface area contributed by atoms with Gasteiger partial charge in [-0.05, 0) is 43.5 Å². The molecule has 0 saturated heterocycles. The van der Waals surface area contributed by atoms with Gasteiger partial charge in [0.2, 0.25) is 0 Å². The molecule has 2 aliphatic carbocycles. The van der Waals surface area contributed by atoms with Gasteiger partial charge in [-0.1, -0.05) is 28.8 Å². The highest BCUT2D eigenvalue weighted by Crippen LogP contribution is 2.57. The van der Waals surface area contributed by atoms with Gasteiger partial charge in [0.05, 0.1) is 4.90 Å². The van der Waals surface area contributed by atoms with Gasteiger partial charge in [-0.3, -0.25) is 0 Å². The van der Waals surface area contributed by atoms with Crippen LogP contribution in [0.25, 0.3) is 0 Å². The van der Waals surface area contributed by atoms with Crippen molar-refractivity contribution in [2.24, 2.45) is 5.41 Å². The maximum Gasteiger partial charge on any atom is 0.175 e. The second-order valence-corrected chi connectivity index (χ2v) is 9.11. The lowest BCUT2D eigenvalue weighted by atomic mass is 9.64. The Morgan fingerprint density at radius 2 is 1.80 bits per heavy atom. The first kappa shape index (κ1) is 14.4. The van der Waals surface area contributed by atoms with Crippen LogP contribution in [0.3, 0.4) is 0 Å². The van der Waals surface area contributed by atoms with E-state index in [0.717, 1.165) is 12.2 Å². The van der Waals surface area contributed by atoms with Crippen LogP contribution in [0.2, 0.25) is 0 Å². The summed E-state index contributed by atoms with van der Waals surface area (Å²) in [6.45, 7) is 0. The molecule has 2 atom stereocenters. The lowest BCUT2D eigenvalue weighted by Gasteiger charge is -2.51. The molecule has 3 rings (SSSR count). The molecule has 0 radical (unpaired) electrons. The van der Waals surface area contributed by atoms with Gasteiger partial charge in [-0.25, -0.2) is 8.42 Å². The van der Waals surface area contributed by atoms with E-state index in [9.17, 15) is 8.42 Å². The summed E-state index contributed by atoms with van der Waals surface area (Å²) in [4.78, 5) is 0.908. The Bertz CT molecular complexity index is 588. The summed E-state index contributed by atoms with van der Waals surface area (Å²) in [5, 5.41) is 0. The van der Waals surface area contributed by atoms with Gasteiger partial charge in [-0.15, -0.1) is 0 Å². The van der Waals surface area contributed by atoms with E-state index in [1.807, 2.05) is 0 Å². The van der Waals surface area contributed by atoms with Crippen molar-refractivity contribution < 1.29 is 13.2 Å². The van der Waals surface area contributed by atoms with Crippen molar-refractivity contribution in [3.05, 3.63) is 24.3 Å². The Hall–Kier alpha value is -0.550. The zero-order chi connectivity index (χ0) is 14.4. The van der Waals surface area contributed by atoms with Gasteiger partial charge in [0.1, 0.15) is 11.9 Å². The highest BCUT2D eigenvalue weighted by Gasteiger charge is 2.56. The third-order valence-corrected chi connectivity index (χ3v) is 7.16. The molecule has 5 heteroatoms. The summed E-state index contributed by atoms with van der Waals surface area (Å²) in [7, 11) is -3.13. The van der Waals surface area contributed by atoms with Crippen molar-refractivity contribution in [3.8, 4) is 5.75 Å². The van der Waals surface area contributed by atoms with Gasteiger partial charge < -0.3 is 4.74 Å². The first-order chi connectivity index (χ1) is 9.42. The molecule has 2 aliphatic rings. The average Bonchev–Trinajstić information content (AvgIpc) is 2.90. The number of benzene rings is 1. The van der Waals surface area contributed by atoms with E-state index in [4.69, 9.17) is 4.74 Å². The van der Waals surface area contributed by atoms with Crippen molar-refractivity contribution in [1.82, 2.24) is 0 Å². The van der Waals surface area contributed by atoms with Crippen LogP contribution in [0.4, 0.5) is 0 Å². The lowest BCUT2D eigenvalue weighted by molar-refractivity contribution is -0.0304. The largest absolute Gasteiger partial charge is 0.490 e. The zero-order valence-corrected chi connectivity index (χ0v) is 13.9. The SMILES string of the molecule is CS(=O)(=O)c1ccc(OC2CC(Br)C23CCCC3)cc1. The highest BCUT2D eigenvalue weighted by molar-refractivity contribution is 9.09. The molecule has 0 amide bonds. The standard InChI is InChI=1S/C15H19BrO3S/c1-20(17,18)12-6-4-11(5-7-12)19-14-10-13(16)15(14)8-2-3-9-15/h4-7,13-14H,2-3,8-10H2,1H3.